The van der Waals surface area contributed by atoms with Gasteiger partial charge in [-0.15, -0.1) is 0 Å². The molecule has 0 saturated carbocycles. The van der Waals surface area contributed by atoms with Crippen molar-refractivity contribution in [3.8, 4) is 0 Å². The number of carbonyl (C=O) groups excluding carboxylic acids is 1. The van der Waals surface area contributed by atoms with Crippen LogP contribution in [0.15, 0.2) is 42.5 Å². The Morgan fingerprint density at radius 2 is 2.05 bits per heavy atom. The van der Waals surface area contributed by atoms with E-state index in [-0.39, 0.29) is 5.91 Å². The molecule has 2 aromatic carbocycles. The second-order valence-electron chi connectivity index (χ2n) is 5.07. The molecule has 3 nitrogen and oxygen atoms in total. The van der Waals surface area contributed by atoms with Gasteiger partial charge < -0.3 is 10.6 Å². The van der Waals surface area contributed by atoms with E-state index in [1.54, 1.807) is 0 Å². The van der Waals surface area contributed by atoms with Crippen molar-refractivity contribution < 1.29 is 4.79 Å². The number of rotatable bonds is 3. The number of nitrogens with one attached hydrogen (secondary N) is 2. The molecule has 0 spiro atoms. The molecule has 3 heteroatoms. The molecule has 1 aliphatic rings. The van der Waals surface area contributed by atoms with E-state index in [1.807, 2.05) is 24.3 Å². The zero-order chi connectivity index (χ0) is 13.1. The molecule has 2 N–H and O–H groups in total. The molecule has 98 valence electrons. The van der Waals surface area contributed by atoms with Crippen molar-refractivity contribution >= 4 is 16.7 Å². The first kappa shape index (κ1) is 12.2. The van der Waals surface area contributed by atoms with E-state index in [1.165, 1.54) is 10.8 Å². The van der Waals surface area contributed by atoms with Gasteiger partial charge in [-0.2, -0.15) is 0 Å². The molecule has 1 fully saturated rings. The van der Waals surface area contributed by atoms with Crippen molar-refractivity contribution in [2.45, 2.75) is 18.9 Å². The predicted octanol–water partition coefficient (Wildman–Crippen LogP) is 1.86. The number of hydrogen-bond donors (Lipinski definition) is 2. The molecule has 1 unspecified atom stereocenters. The second-order valence-corrected chi connectivity index (χ2v) is 5.07. The Balaban J connectivity index is 1.75. The van der Waals surface area contributed by atoms with E-state index >= 15 is 0 Å². The SMILES string of the molecule is O=C(Cc1cccc2ccccc12)NC1CCNC1. The second kappa shape index (κ2) is 5.41. The fourth-order valence-electron chi connectivity index (χ4n) is 2.68. The van der Waals surface area contributed by atoms with Gasteiger partial charge >= 0.3 is 0 Å². The number of carbonyl (C=O) groups is 1. The minimum atomic E-state index is 0.116. The largest absolute Gasteiger partial charge is 0.352 e. The smallest absolute Gasteiger partial charge is 0.224 e. The van der Waals surface area contributed by atoms with Crippen LogP contribution in [-0.4, -0.2) is 25.0 Å². The predicted molar refractivity (Wildman–Crippen MR) is 77.1 cm³/mol. The minimum Gasteiger partial charge on any atom is -0.352 e. The van der Waals surface area contributed by atoms with Gasteiger partial charge in [-0.1, -0.05) is 42.5 Å². The lowest BCUT2D eigenvalue weighted by atomic mass is 10.0. The molecule has 1 amide bonds. The minimum absolute atomic E-state index is 0.116. The third-order valence-electron chi connectivity index (χ3n) is 3.66. The topological polar surface area (TPSA) is 41.1 Å². The van der Waals surface area contributed by atoms with Crippen LogP contribution in [-0.2, 0) is 11.2 Å². The Hall–Kier alpha value is -1.87. The van der Waals surface area contributed by atoms with Crippen molar-refractivity contribution in [2.75, 3.05) is 13.1 Å². The average molecular weight is 254 g/mol. The quantitative estimate of drug-likeness (QED) is 0.878. The zero-order valence-corrected chi connectivity index (χ0v) is 10.9. The summed E-state index contributed by atoms with van der Waals surface area (Å²) in [5, 5.41) is 8.71. The molecule has 1 saturated heterocycles. The Labute approximate surface area is 113 Å². The van der Waals surface area contributed by atoms with E-state index in [0.717, 1.165) is 25.1 Å². The third-order valence-corrected chi connectivity index (χ3v) is 3.66. The van der Waals surface area contributed by atoms with Crippen LogP contribution in [0.3, 0.4) is 0 Å². The van der Waals surface area contributed by atoms with Gasteiger partial charge in [-0.3, -0.25) is 4.79 Å². The fraction of sp³-hybridized carbons (Fsp3) is 0.312. The van der Waals surface area contributed by atoms with E-state index in [9.17, 15) is 4.79 Å². The van der Waals surface area contributed by atoms with Crippen LogP contribution in [0, 0.1) is 0 Å². The normalized spacial score (nSPS) is 18.6. The fourth-order valence-corrected chi connectivity index (χ4v) is 2.68. The van der Waals surface area contributed by atoms with E-state index in [2.05, 4.69) is 28.8 Å². The molecule has 0 radical (unpaired) electrons. The Kier molecular flexibility index (Phi) is 3.47. The van der Waals surface area contributed by atoms with Crippen LogP contribution in [0.2, 0.25) is 0 Å². The summed E-state index contributed by atoms with van der Waals surface area (Å²) in [5.74, 6) is 0.116. The van der Waals surface area contributed by atoms with Gasteiger partial charge in [0.25, 0.3) is 0 Å². The van der Waals surface area contributed by atoms with Gasteiger partial charge in [-0.25, -0.2) is 0 Å². The van der Waals surface area contributed by atoms with Gasteiger partial charge in [0.15, 0.2) is 0 Å². The maximum atomic E-state index is 12.1. The Morgan fingerprint density at radius 1 is 1.21 bits per heavy atom. The van der Waals surface area contributed by atoms with Crippen LogP contribution in [0.25, 0.3) is 10.8 Å². The zero-order valence-electron chi connectivity index (χ0n) is 10.9. The molecular formula is C16H18N2O. The first-order valence-electron chi connectivity index (χ1n) is 6.79. The van der Waals surface area contributed by atoms with Crippen molar-refractivity contribution in [3.05, 3.63) is 48.0 Å². The first-order chi connectivity index (χ1) is 9.33. The maximum absolute atomic E-state index is 12.1. The van der Waals surface area contributed by atoms with Crippen molar-refractivity contribution in [1.82, 2.24) is 10.6 Å². The molecule has 0 aromatic heterocycles. The van der Waals surface area contributed by atoms with Crippen LogP contribution >= 0.6 is 0 Å². The van der Waals surface area contributed by atoms with E-state index in [4.69, 9.17) is 0 Å². The Morgan fingerprint density at radius 3 is 2.89 bits per heavy atom. The van der Waals surface area contributed by atoms with Crippen LogP contribution < -0.4 is 10.6 Å². The summed E-state index contributed by atoms with van der Waals surface area (Å²) in [5.41, 5.74) is 1.10. The third kappa shape index (κ3) is 2.76. The monoisotopic (exact) mass is 254 g/mol. The first-order valence-corrected chi connectivity index (χ1v) is 6.79. The van der Waals surface area contributed by atoms with Crippen LogP contribution in [0.5, 0.6) is 0 Å². The van der Waals surface area contributed by atoms with Crippen molar-refractivity contribution in [1.29, 1.82) is 0 Å². The highest BCUT2D eigenvalue weighted by Crippen LogP contribution is 2.18. The summed E-state index contributed by atoms with van der Waals surface area (Å²) in [4.78, 5) is 12.1. The molecule has 19 heavy (non-hydrogen) atoms. The standard InChI is InChI=1S/C16H18N2O/c19-16(18-14-8-9-17-11-14)10-13-6-3-5-12-4-1-2-7-15(12)13/h1-7,14,17H,8-11H2,(H,18,19). The molecule has 0 bridgehead atoms. The van der Waals surface area contributed by atoms with E-state index in [0.29, 0.717) is 12.5 Å². The van der Waals surface area contributed by atoms with Gasteiger partial charge in [0.05, 0.1) is 6.42 Å². The van der Waals surface area contributed by atoms with Gasteiger partial charge in [0.2, 0.25) is 5.91 Å². The number of amides is 1. The highest BCUT2D eigenvalue weighted by Gasteiger charge is 2.17. The molecule has 1 atom stereocenters. The van der Waals surface area contributed by atoms with Crippen molar-refractivity contribution in [2.24, 2.45) is 0 Å². The van der Waals surface area contributed by atoms with E-state index < -0.39 is 0 Å². The molecule has 3 rings (SSSR count). The van der Waals surface area contributed by atoms with Gasteiger partial charge in [-0.05, 0) is 29.3 Å². The Bertz CT molecular complexity index is 583. The number of hydrogen-bond acceptors (Lipinski definition) is 2. The lowest BCUT2D eigenvalue weighted by Crippen LogP contribution is -2.37. The molecule has 0 aliphatic carbocycles. The number of benzene rings is 2. The van der Waals surface area contributed by atoms with Crippen molar-refractivity contribution in [3.63, 3.8) is 0 Å². The molecular weight excluding hydrogens is 236 g/mol. The average Bonchev–Trinajstić information content (AvgIpc) is 2.92. The maximum Gasteiger partial charge on any atom is 0.224 e. The highest BCUT2D eigenvalue weighted by molar-refractivity contribution is 5.90. The molecule has 2 aromatic rings. The van der Waals surface area contributed by atoms with Crippen LogP contribution in [0.4, 0.5) is 0 Å². The summed E-state index contributed by atoms with van der Waals surface area (Å²) >= 11 is 0. The van der Waals surface area contributed by atoms with Crippen LogP contribution in [0.1, 0.15) is 12.0 Å². The summed E-state index contributed by atoms with van der Waals surface area (Å²) < 4.78 is 0. The lowest BCUT2D eigenvalue weighted by molar-refractivity contribution is -0.121. The highest BCUT2D eigenvalue weighted by atomic mass is 16.1. The summed E-state index contributed by atoms with van der Waals surface area (Å²) in [6, 6.07) is 14.6. The van der Waals surface area contributed by atoms with Gasteiger partial charge in [0.1, 0.15) is 0 Å². The summed E-state index contributed by atoms with van der Waals surface area (Å²) in [6.07, 6.45) is 1.49. The summed E-state index contributed by atoms with van der Waals surface area (Å²) in [6.45, 7) is 1.89. The lowest BCUT2D eigenvalue weighted by Gasteiger charge is -2.12. The molecule has 1 aliphatic heterocycles. The molecule has 1 heterocycles. The number of fused-ring (bicyclic) bond motifs is 1. The van der Waals surface area contributed by atoms with Gasteiger partial charge in [0, 0.05) is 12.6 Å². The summed E-state index contributed by atoms with van der Waals surface area (Å²) in [7, 11) is 0.